The van der Waals surface area contributed by atoms with Crippen LogP contribution in [0.4, 0.5) is 0 Å². The number of rotatable bonds is 1. The van der Waals surface area contributed by atoms with Gasteiger partial charge in [-0.1, -0.05) is 42.5 Å². The summed E-state index contributed by atoms with van der Waals surface area (Å²) in [5.74, 6) is 0. The fraction of sp³-hybridized carbons (Fsp3) is 0.400. The van der Waals surface area contributed by atoms with Gasteiger partial charge in [0.25, 0.3) is 0 Å². The number of benzene rings is 1. The Morgan fingerprint density at radius 1 is 1.06 bits per heavy atom. The second-order valence-electron chi connectivity index (χ2n) is 5.08. The fourth-order valence-corrected chi connectivity index (χ4v) is 2.95. The van der Waals surface area contributed by atoms with Crippen LogP contribution in [0.1, 0.15) is 37.7 Å². The van der Waals surface area contributed by atoms with E-state index in [1.165, 1.54) is 36.1 Å². The molecule has 1 aliphatic carbocycles. The summed E-state index contributed by atoms with van der Waals surface area (Å²) < 4.78 is 0. The van der Waals surface area contributed by atoms with E-state index in [-0.39, 0.29) is 5.54 Å². The standard InChI is InChI=1S/C15H17N/c1-12-7-9-15(11-12)10-8-14(16-15)13-5-3-2-4-6-13/h2-6H,1,7-11H2. The van der Waals surface area contributed by atoms with Crippen LogP contribution in [0, 0.1) is 0 Å². The smallest absolute Gasteiger partial charge is 0.0655 e. The number of hydrogen-bond donors (Lipinski definition) is 0. The maximum absolute atomic E-state index is 5.00. The maximum Gasteiger partial charge on any atom is 0.0655 e. The van der Waals surface area contributed by atoms with Crippen LogP contribution < -0.4 is 0 Å². The van der Waals surface area contributed by atoms with Crippen LogP contribution in [0.5, 0.6) is 0 Å². The Bertz CT molecular complexity index is 444. The average molecular weight is 211 g/mol. The van der Waals surface area contributed by atoms with Gasteiger partial charge in [-0.3, -0.25) is 4.99 Å². The van der Waals surface area contributed by atoms with E-state index in [1.807, 2.05) is 0 Å². The van der Waals surface area contributed by atoms with Gasteiger partial charge in [0, 0.05) is 5.71 Å². The summed E-state index contributed by atoms with van der Waals surface area (Å²) in [7, 11) is 0. The molecule has 1 saturated carbocycles. The van der Waals surface area contributed by atoms with Crippen molar-refractivity contribution in [1.82, 2.24) is 0 Å². The highest BCUT2D eigenvalue weighted by atomic mass is 14.9. The molecule has 1 unspecified atom stereocenters. The Hall–Kier alpha value is -1.37. The fourth-order valence-electron chi connectivity index (χ4n) is 2.95. The van der Waals surface area contributed by atoms with E-state index in [4.69, 9.17) is 4.99 Å². The van der Waals surface area contributed by atoms with Gasteiger partial charge in [0.1, 0.15) is 0 Å². The largest absolute Gasteiger partial charge is 0.282 e. The molecule has 0 saturated heterocycles. The van der Waals surface area contributed by atoms with Crippen LogP contribution in [0.2, 0.25) is 0 Å². The molecule has 1 spiro atoms. The first-order chi connectivity index (χ1) is 7.77. The monoisotopic (exact) mass is 211 g/mol. The summed E-state index contributed by atoms with van der Waals surface area (Å²) in [6, 6.07) is 10.6. The molecular weight excluding hydrogens is 194 g/mol. The van der Waals surface area contributed by atoms with Gasteiger partial charge in [-0.05, 0) is 37.7 Å². The van der Waals surface area contributed by atoms with Gasteiger partial charge in [-0.15, -0.1) is 0 Å². The zero-order valence-electron chi connectivity index (χ0n) is 9.58. The maximum atomic E-state index is 5.00. The van der Waals surface area contributed by atoms with Crippen LogP contribution in [0.15, 0.2) is 47.5 Å². The Balaban J connectivity index is 1.90. The van der Waals surface area contributed by atoms with Crippen molar-refractivity contribution in [3.05, 3.63) is 48.0 Å². The van der Waals surface area contributed by atoms with Gasteiger partial charge in [-0.2, -0.15) is 0 Å². The molecule has 16 heavy (non-hydrogen) atoms. The molecule has 1 nitrogen and oxygen atoms in total. The minimum Gasteiger partial charge on any atom is -0.282 e. The third kappa shape index (κ3) is 1.60. The lowest BCUT2D eigenvalue weighted by Gasteiger charge is -2.17. The second-order valence-corrected chi connectivity index (χ2v) is 5.08. The van der Waals surface area contributed by atoms with E-state index in [2.05, 4.69) is 36.9 Å². The molecule has 1 heteroatoms. The third-order valence-corrected chi connectivity index (χ3v) is 3.83. The highest BCUT2D eigenvalue weighted by Crippen LogP contribution is 2.43. The van der Waals surface area contributed by atoms with Crippen molar-refractivity contribution in [2.75, 3.05) is 0 Å². The van der Waals surface area contributed by atoms with Crippen molar-refractivity contribution in [2.24, 2.45) is 4.99 Å². The van der Waals surface area contributed by atoms with Crippen LogP contribution >= 0.6 is 0 Å². The van der Waals surface area contributed by atoms with E-state index in [1.54, 1.807) is 0 Å². The predicted molar refractivity (Wildman–Crippen MR) is 67.9 cm³/mol. The molecule has 1 atom stereocenters. The summed E-state index contributed by atoms with van der Waals surface area (Å²) in [5, 5.41) is 0. The SMILES string of the molecule is C=C1CCC2(CCC(c3ccccc3)=N2)C1. The molecule has 1 aromatic carbocycles. The normalized spacial score (nSPS) is 28.8. The van der Waals surface area contributed by atoms with Gasteiger partial charge in [0.15, 0.2) is 0 Å². The van der Waals surface area contributed by atoms with Gasteiger partial charge in [-0.25, -0.2) is 0 Å². The molecule has 0 N–H and O–H groups in total. The molecule has 0 amide bonds. The zero-order valence-corrected chi connectivity index (χ0v) is 9.58. The number of aliphatic imine (C=N–C) groups is 1. The van der Waals surface area contributed by atoms with Gasteiger partial charge in [0.2, 0.25) is 0 Å². The minimum atomic E-state index is 0.224. The van der Waals surface area contributed by atoms with Crippen LogP contribution in [0.3, 0.4) is 0 Å². The van der Waals surface area contributed by atoms with Crippen molar-refractivity contribution in [1.29, 1.82) is 0 Å². The molecule has 0 bridgehead atoms. The van der Waals surface area contributed by atoms with E-state index in [0.29, 0.717) is 0 Å². The Labute approximate surface area is 96.9 Å². The first-order valence-electron chi connectivity index (χ1n) is 6.08. The third-order valence-electron chi connectivity index (χ3n) is 3.83. The van der Waals surface area contributed by atoms with E-state index >= 15 is 0 Å². The molecule has 1 aromatic rings. The van der Waals surface area contributed by atoms with Crippen molar-refractivity contribution in [3.8, 4) is 0 Å². The lowest BCUT2D eigenvalue weighted by Crippen LogP contribution is -2.17. The number of hydrogen-bond acceptors (Lipinski definition) is 1. The highest BCUT2D eigenvalue weighted by Gasteiger charge is 2.39. The molecule has 1 aliphatic heterocycles. The van der Waals surface area contributed by atoms with Gasteiger partial charge in [0.05, 0.1) is 5.54 Å². The summed E-state index contributed by atoms with van der Waals surface area (Å²) in [4.78, 5) is 5.00. The van der Waals surface area contributed by atoms with E-state index in [0.717, 1.165) is 12.8 Å². The topological polar surface area (TPSA) is 12.4 Å². The molecule has 0 aromatic heterocycles. The first-order valence-corrected chi connectivity index (χ1v) is 6.08. The van der Waals surface area contributed by atoms with Crippen molar-refractivity contribution in [2.45, 2.75) is 37.6 Å². The molecule has 82 valence electrons. The van der Waals surface area contributed by atoms with Crippen LogP contribution in [-0.4, -0.2) is 11.3 Å². The second kappa shape index (κ2) is 3.58. The van der Waals surface area contributed by atoms with Crippen molar-refractivity contribution in [3.63, 3.8) is 0 Å². The first kappa shape index (κ1) is 9.83. The molecule has 1 heterocycles. The molecular formula is C15H17N. The molecule has 3 rings (SSSR count). The molecule has 1 fully saturated rings. The summed E-state index contributed by atoms with van der Waals surface area (Å²) >= 11 is 0. The Morgan fingerprint density at radius 3 is 2.50 bits per heavy atom. The summed E-state index contributed by atoms with van der Waals surface area (Å²) in [6.45, 7) is 4.10. The predicted octanol–water partition coefficient (Wildman–Crippen LogP) is 3.75. The minimum absolute atomic E-state index is 0.224. The summed E-state index contributed by atoms with van der Waals surface area (Å²) in [5.41, 5.74) is 4.22. The van der Waals surface area contributed by atoms with Crippen molar-refractivity contribution >= 4 is 5.71 Å². The van der Waals surface area contributed by atoms with E-state index < -0.39 is 0 Å². The Kier molecular flexibility index (Phi) is 2.20. The quantitative estimate of drug-likeness (QED) is 0.627. The van der Waals surface area contributed by atoms with E-state index in [9.17, 15) is 0 Å². The van der Waals surface area contributed by atoms with Gasteiger partial charge >= 0.3 is 0 Å². The molecule has 2 aliphatic rings. The lowest BCUT2D eigenvalue weighted by molar-refractivity contribution is 0.448. The zero-order chi connectivity index (χ0) is 11.0. The Morgan fingerprint density at radius 2 is 1.81 bits per heavy atom. The highest BCUT2D eigenvalue weighted by molar-refractivity contribution is 6.02. The van der Waals surface area contributed by atoms with Crippen molar-refractivity contribution < 1.29 is 0 Å². The van der Waals surface area contributed by atoms with Gasteiger partial charge < -0.3 is 0 Å². The lowest BCUT2D eigenvalue weighted by atomic mass is 9.94. The summed E-state index contributed by atoms with van der Waals surface area (Å²) in [6.07, 6.45) is 5.85. The van der Waals surface area contributed by atoms with Crippen LogP contribution in [-0.2, 0) is 0 Å². The number of nitrogens with zero attached hydrogens (tertiary/aromatic N) is 1. The molecule has 0 radical (unpaired) electrons. The van der Waals surface area contributed by atoms with Crippen LogP contribution in [0.25, 0.3) is 0 Å². The average Bonchev–Trinajstić information content (AvgIpc) is 2.88.